The van der Waals surface area contributed by atoms with Gasteiger partial charge in [0.05, 0.1) is 33.4 Å². The standard InChI is InChI=1S/C19H36NO3/c1-7-11-23-17(21)14-20(5,6)10-12-22-16-13-15-8-9-19(16,4)18(15,2)3/h15-16H,7-14H2,1-6H3/q+1/t15-,16-,19+/m0/s1. The SMILES string of the molecule is CCCOC(=O)C[N+](C)(C)CCO[C@H]1C[C@@H]2CC[C@@]1(C)C2(C)C. The largest absolute Gasteiger partial charge is 0.462 e. The van der Waals surface area contributed by atoms with Gasteiger partial charge < -0.3 is 14.0 Å². The summed E-state index contributed by atoms with van der Waals surface area (Å²) >= 11 is 0. The third-order valence-electron chi connectivity index (χ3n) is 6.75. The second kappa shape index (κ2) is 6.72. The maximum absolute atomic E-state index is 11.8. The molecule has 134 valence electrons. The van der Waals surface area contributed by atoms with E-state index in [9.17, 15) is 4.79 Å². The van der Waals surface area contributed by atoms with Crippen molar-refractivity contribution in [2.45, 2.75) is 59.5 Å². The van der Waals surface area contributed by atoms with Crippen LogP contribution in [0.25, 0.3) is 0 Å². The molecule has 0 saturated heterocycles. The Labute approximate surface area is 142 Å². The molecule has 2 saturated carbocycles. The number of likely N-dealkylation sites (N-methyl/N-ethyl adjacent to an activating group) is 1. The summed E-state index contributed by atoms with van der Waals surface area (Å²) in [6.07, 6.45) is 5.10. The van der Waals surface area contributed by atoms with Gasteiger partial charge in [0.15, 0.2) is 6.54 Å². The number of ether oxygens (including phenoxy) is 2. The molecule has 23 heavy (non-hydrogen) atoms. The van der Waals surface area contributed by atoms with Crippen molar-refractivity contribution >= 4 is 5.97 Å². The van der Waals surface area contributed by atoms with E-state index in [-0.39, 0.29) is 5.97 Å². The lowest BCUT2D eigenvalue weighted by Gasteiger charge is -2.39. The van der Waals surface area contributed by atoms with Crippen LogP contribution < -0.4 is 0 Å². The zero-order valence-corrected chi connectivity index (χ0v) is 16.0. The summed E-state index contributed by atoms with van der Waals surface area (Å²) in [4.78, 5) is 11.8. The topological polar surface area (TPSA) is 35.5 Å². The molecule has 4 heteroatoms. The summed E-state index contributed by atoms with van der Waals surface area (Å²) in [6, 6.07) is 0. The highest BCUT2D eigenvalue weighted by Gasteiger charge is 2.61. The molecule has 0 amide bonds. The Hall–Kier alpha value is -0.610. The normalized spacial score (nSPS) is 32.3. The van der Waals surface area contributed by atoms with Crippen LogP contribution in [0.3, 0.4) is 0 Å². The van der Waals surface area contributed by atoms with Gasteiger partial charge in [0.2, 0.25) is 0 Å². The first-order chi connectivity index (χ1) is 10.6. The lowest BCUT2D eigenvalue weighted by atomic mass is 9.70. The number of hydrogen-bond acceptors (Lipinski definition) is 3. The Balaban J connectivity index is 1.78. The summed E-state index contributed by atoms with van der Waals surface area (Å²) in [5.74, 6) is 0.703. The quantitative estimate of drug-likeness (QED) is 0.507. The monoisotopic (exact) mass is 326 g/mol. The third-order valence-corrected chi connectivity index (χ3v) is 6.75. The minimum atomic E-state index is -0.107. The van der Waals surface area contributed by atoms with E-state index in [0.717, 1.165) is 25.5 Å². The van der Waals surface area contributed by atoms with Gasteiger partial charge in [0.1, 0.15) is 6.54 Å². The number of quaternary nitrogens is 1. The zero-order valence-electron chi connectivity index (χ0n) is 16.0. The molecule has 2 bridgehead atoms. The maximum atomic E-state index is 11.8. The van der Waals surface area contributed by atoms with Crippen LogP contribution in [0, 0.1) is 16.7 Å². The summed E-state index contributed by atoms with van der Waals surface area (Å²) in [5.41, 5.74) is 0.709. The molecule has 2 fully saturated rings. The van der Waals surface area contributed by atoms with Gasteiger partial charge in [-0.2, -0.15) is 0 Å². The molecular weight excluding hydrogens is 290 g/mol. The van der Waals surface area contributed by atoms with Gasteiger partial charge in [0, 0.05) is 0 Å². The number of nitrogens with zero attached hydrogens (tertiary/aromatic N) is 1. The van der Waals surface area contributed by atoms with E-state index in [2.05, 4.69) is 34.9 Å². The van der Waals surface area contributed by atoms with Crippen LogP contribution in [0.2, 0.25) is 0 Å². The fourth-order valence-corrected chi connectivity index (χ4v) is 4.51. The molecule has 3 atom stereocenters. The average molecular weight is 327 g/mol. The number of hydrogen-bond donors (Lipinski definition) is 0. The van der Waals surface area contributed by atoms with Gasteiger partial charge in [-0.1, -0.05) is 27.7 Å². The van der Waals surface area contributed by atoms with Crippen molar-refractivity contribution in [3.63, 3.8) is 0 Å². The predicted octanol–water partition coefficient (Wildman–Crippen LogP) is 3.25. The van der Waals surface area contributed by atoms with Crippen LogP contribution >= 0.6 is 0 Å². The van der Waals surface area contributed by atoms with Crippen molar-refractivity contribution in [3.05, 3.63) is 0 Å². The number of carbonyl (C=O) groups is 1. The van der Waals surface area contributed by atoms with Gasteiger partial charge in [-0.25, -0.2) is 4.79 Å². The molecule has 0 aliphatic heterocycles. The van der Waals surface area contributed by atoms with Gasteiger partial charge in [-0.3, -0.25) is 0 Å². The van der Waals surface area contributed by atoms with E-state index in [1.165, 1.54) is 19.3 Å². The van der Waals surface area contributed by atoms with Gasteiger partial charge in [-0.05, 0) is 42.4 Å². The Morgan fingerprint density at radius 2 is 1.91 bits per heavy atom. The summed E-state index contributed by atoms with van der Waals surface area (Å²) in [6.45, 7) is 11.8. The van der Waals surface area contributed by atoms with Crippen molar-refractivity contribution in [2.24, 2.45) is 16.7 Å². The Morgan fingerprint density at radius 3 is 2.43 bits per heavy atom. The van der Waals surface area contributed by atoms with Crippen molar-refractivity contribution < 1.29 is 18.8 Å². The van der Waals surface area contributed by atoms with Crippen LogP contribution in [0.4, 0.5) is 0 Å². The first-order valence-electron chi connectivity index (χ1n) is 9.21. The molecule has 0 unspecified atom stereocenters. The zero-order chi connectivity index (χ0) is 17.3. The lowest BCUT2D eigenvalue weighted by Crippen LogP contribution is -2.47. The number of carbonyl (C=O) groups excluding carboxylic acids is 1. The molecule has 0 heterocycles. The minimum Gasteiger partial charge on any atom is -0.462 e. The fourth-order valence-electron chi connectivity index (χ4n) is 4.51. The molecule has 0 spiro atoms. The van der Waals surface area contributed by atoms with Crippen molar-refractivity contribution in [2.75, 3.05) is 40.4 Å². The fraction of sp³-hybridized carbons (Fsp3) is 0.947. The Morgan fingerprint density at radius 1 is 1.22 bits per heavy atom. The molecule has 0 aromatic rings. The minimum absolute atomic E-state index is 0.107. The lowest BCUT2D eigenvalue weighted by molar-refractivity contribution is -0.883. The highest BCUT2D eigenvalue weighted by molar-refractivity contribution is 5.70. The Bertz CT molecular complexity index is 432. The summed E-state index contributed by atoms with van der Waals surface area (Å²) in [5, 5.41) is 0. The van der Waals surface area contributed by atoms with Crippen LogP contribution in [-0.4, -0.2) is 57.0 Å². The van der Waals surface area contributed by atoms with Gasteiger partial charge >= 0.3 is 5.97 Å². The van der Waals surface area contributed by atoms with E-state index >= 15 is 0 Å². The summed E-state index contributed by atoms with van der Waals surface area (Å²) in [7, 11) is 4.14. The first kappa shape index (κ1) is 18.7. The highest BCUT2D eigenvalue weighted by atomic mass is 16.5. The predicted molar refractivity (Wildman–Crippen MR) is 92.1 cm³/mol. The van der Waals surface area contributed by atoms with E-state index in [1.807, 2.05) is 6.92 Å². The summed E-state index contributed by atoms with van der Waals surface area (Å²) < 4.78 is 12.1. The Kier molecular flexibility index (Phi) is 5.47. The van der Waals surface area contributed by atoms with Crippen molar-refractivity contribution in [3.8, 4) is 0 Å². The van der Waals surface area contributed by atoms with Crippen molar-refractivity contribution in [1.82, 2.24) is 0 Å². The number of rotatable bonds is 8. The van der Waals surface area contributed by atoms with Crippen LogP contribution in [0.1, 0.15) is 53.4 Å². The number of fused-ring (bicyclic) bond motifs is 2. The second-order valence-electron chi connectivity index (χ2n) is 9.01. The molecule has 2 aliphatic carbocycles. The molecule has 0 aromatic heterocycles. The molecule has 4 nitrogen and oxygen atoms in total. The molecule has 0 aromatic carbocycles. The van der Waals surface area contributed by atoms with Crippen LogP contribution in [0.5, 0.6) is 0 Å². The molecule has 2 rings (SSSR count). The number of esters is 1. The van der Waals surface area contributed by atoms with Gasteiger partial charge in [-0.15, -0.1) is 0 Å². The van der Waals surface area contributed by atoms with Crippen molar-refractivity contribution in [1.29, 1.82) is 0 Å². The van der Waals surface area contributed by atoms with Gasteiger partial charge in [0.25, 0.3) is 0 Å². The van der Waals surface area contributed by atoms with Crippen LogP contribution in [-0.2, 0) is 14.3 Å². The first-order valence-corrected chi connectivity index (χ1v) is 9.21. The average Bonchev–Trinajstić information content (AvgIpc) is 2.77. The second-order valence-corrected chi connectivity index (χ2v) is 9.01. The van der Waals surface area contributed by atoms with E-state index in [1.54, 1.807) is 0 Å². The van der Waals surface area contributed by atoms with E-state index in [4.69, 9.17) is 9.47 Å². The highest BCUT2D eigenvalue weighted by Crippen LogP contribution is 2.66. The van der Waals surface area contributed by atoms with Crippen LogP contribution in [0.15, 0.2) is 0 Å². The van der Waals surface area contributed by atoms with E-state index < -0.39 is 0 Å². The third kappa shape index (κ3) is 3.74. The van der Waals surface area contributed by atoms with E-state index in [0.29, 0.717) is 34.6 Å². The smallest absolute Gasteiger partial charge is 0.361 e. The molecular formula is C19H36NO3+. The molecule has 0 radical (unpaired) electrons. The molecule has 2 aliphatic rings. The molecule has 0 N–H and O–H groups in total. The maximum Gasteiger partial charge on any atom is 0.361 e.